The summed E-state index contributed by atoms with van der Waals surface area (Å²) in [6.07, 6.45) is 4.97. The van der Waals surface area contributed by atoms with Crippen molar-refractivity contribution in [1.29, 1.82) is 0 Å². The summed E-state index contributed by atoms with van der Waals surface area (Å²) in [5, 5.41) is 0. The lowest BCUT2D eigenvalue weighted by Gasteiger charge is -2.09. The number of ether oxygens (including phenoxy) is 2. The van der Waals surface area contributed by atoms with Crippen LogP contribution in [-0.2, 0) is 0 Å². The SMILES string of the molecule is C=CCOc1ccc(/C=C/C(=O)c2cccc(Br)c2)cc1OC. The van der Waals surface area contributed by atoms with Crippen molar-refractivity contribution in [1.82, 2.24) is 0 Å². The van der Waals surface area contributed by atoms with Crippen molar-refractivity contribution in [3.05, 3.63) is 76.8 Å². The predicted octanol–water partition coefficient (Wildman–Crippen LogP) is 4.92. The summed E-state index contributed by atoms with van der Waals surface area (Å²) < 4.78 is 11.7. The molecular weight excluding hydrogens is 356 g/mol. The average Bonchev–Trinajstić information content (AvgIpc) is 2.58. The maximum atomic E-state index is 12.2. The van der Waals surface area contributed by atoms with Crippen molar-refractivity contribution in [2.24, 2.45) is 0 Å². The zero-order valence-electron chi connectivity index (χ0n) is 12.8. The number of allylic oxidation sites excluding steroid dienone is 1. The van der Waals surface area contributed by atoms with E-state index >= 15 is 0 Å². The van der Waals surface area contributed by atoms with Crippen molar-refractivity contribution in [3.8, 4) is 11.5 Å². The predicted molar refractivity (Wildman–Crippen MR) is 96.2 cm³/mol. The Morgan fingerprint density at radius 2 is 2.04 bits per heavy atom. The molecule has 0 atom stereocenters. The highest BCUT2D eigenvalue weighted by Crippen LogP contribution is 2.28. The molecule has 2 aromatic rings. The molecule has 0 saturated carbocycles. The standard InChI is InChI=1S/C19H17BrO3/c1-3-11-23-18-10-8-14(12-19(18)22-2)7-9-17(21)15-5-4-6-16(20)13-15/h3-10,12-13H,1,11H2,2H3/b9-7+. The van der Waals surface area contributed by atoms with Gasteiger partial charge in [-0.05, 0) is 35.9 Å². The Morgan fingerprint density at radius 3 is 2.74 bits per heavy atom. The number of methoxy groups -OCH3 is 1. The smallest absolute Gasteiger partial charge is 0.185 e. The van der Waals surface area contributed by atoms with Gasteiger partial charge in [0.25, 0.3) is 0 Å². The fourth-order valence-electron chi connectivity index (χ4n) is 1.97. The molecule has 0 spiro atoms. The minimum absolute atomic E-state index is 0.0581. The van der Waals surface area contributed by atoms with Crippen LogP contribution in [0.5, 0.6) is 11.5 Å². The Kier molecular flexibility index (Phi) is 6.18. The molecule has 0 aromatic heterocycles. The molecule has 0 radical (unpaired) electrons. The molecule has 0 N–H and O–H groups in total. The molecule has 2 aromatic carbocycles. The van der Waals surface area contributed by atoms with E-state index in [1.54, 1.807) is 37.5 Å². The van der Waals surface area contributed by atoms with Crippen molar-refractivity contribution in [2.45, 2.75) is 0 Å². The van der Waals surface area contributed by atoms with E-state index in [2.05, 4.69) is 22.5 Å². The number of halogens is 1. The third kappa shape index (κ3) is 4.83. The first-order valence-electron chi connectivity index (χ1n) is 7.03. The van der Waals surface area contributed by atoms with Crippen LogP contribution in [0.4, 0.5) is 0 Å². The minimum Gasteiger partial charge on any atom is -0.493 e. The van der Waals surface area contributed by atoms with Crippen LogP contribution in [0.25, 0.3) is 6.08 Å². The summed E-state index contributed by atoms with van der Waals surface area (Å²) >= 11 is 3.36. The molecule has 0 heterocycles. The van der Waals surface area contributed by atoms with Gasteiger partial charge in [-0.25, -0.2) is 0 Å². The van der Waals surface area contributed by atoms with E-state index in [-0.39, 0.29) is 5.78 Å². The van der Waals surface area contributed by atoms with Crippen molar-refractivity contribution < 1.29 is 14.3 Å². The van der Waals surface area contributed by atoms with Gasteiger partial charge in [0, 0.05) is 10.0 Å². The van der Waals surface area contributed by atoms with Gasteiger partial charge in [-0.1, -0.05) is 52.9 Å². The normalized spacial score (nSPS) is 10.5. The van der Waals surface area contributed by atoms with Gasteiger partial charge in [-0.3, -0.25) is 4.79 Å². The zero-order chi connectivity index (χ0) is 16.7. The molecule has 0 aliphatic rings. The van der Waals surface area contributed by atoms with Crippen molar-refractivity contribution >= 4 is 27.8 Å². The fourth-order valence-corrected chi connectivity index (χ4v) is 2.36. The van der Waals surface area contributed by atoms with E-state index < -0.39 is 0 Å². The molecule has 0 aliphatic carbocycles. The second kappa shape index (κ2) is 8.34. The molecule has 0 aliphatic heterocycles. The highest BCUT2D eigenvalue weighted by Gasteiger charge is 2.05. The highest BCUT2D eigenvalue weighted by atomic mass is 79.9. The molecule has 3 nitrogen and oxygen atoms in total. The van der Waals surface area contributed by atoms with E-state index in [0.29, 0.717) is 23.7 Å². The zero-order valence-corrected chi connectivity index (χ0v) is 14.4. The maximum absolute atomic E-state index is 12.2. The minimum atomic E-state index is -0.0581. The van der Waals surface area contributed by atoms with Gasteiger partial charge < -0.3 is 9.47 Å². The van der Waals surface area contributed by atoms with Crippen LogP contribution >= 0.6 is 15.9 Å². The number of rotatable bonds is 7. The van der Waals surface area contributed by atoms with Crippen molar-refractivity contribution in [3.63, 3.8) is 0 Å². The third-order valence-corrected chi connectivity index (χ3v) is 3.57. The Hall–Kier alpha value is -2.33. The van der Waals surface area contributed by atoms with E-state index in [0.717, 1.165) is 10.0 Å². The van der Waals surface area contributed by atoms with Crippen LogP contribution in [-0.4, -0.2) is 19.5 Å². The van der Waals surface area contributed by atoms with Gasteiger partial charge in [0.2, 0.25) is 0 Å². The molecule has 0 fully saturated rings. The van der Waals surface area contributed by atoms with Gasteiger partial charge in [-0.2, -0.15) is 0 Å². The number of ketones is 1. The molecular formula is C19H17BrO3. The summed E-state index contributed by atoms with van der Waals surface area (Å²) in [4.78, 5) is 12.2. The topological polar surface area (TPSA) is 35.5 Å². The number of benzene rings is 2. The quantitative estimate of drug-likeness (QED) is 0.393. The van der Waals surface area contributed by atoms with Gasteiger partial charge in [0.05, 0.1) is 7.11 Å². The van der Waals surface area contributed by atoms with E-state index in [1.165, 1.54) is 0 Å². The molecule has 0 amide bonds. The molecule has 0 bridgehead atoms. The lowest BCUT2D eigenvalue weighted by atomic mass is 10.1. The van der Waals surface area contributed by atoms with Gasteiger partial charge >= 0.3 is 0 Å². The second-order valence-electron chi connectivity index (χ2n) is 4.72. The van der Waals surface area contributed by atoms with Crippen molar-refractivity contribution in [2.75, 3.05) is 13.7 Å². The van der Waals surface area contributed by atoms with Crippen LogP contribution in [0, 0.1) is 0 Å². The summed E-state index contributed by atoms with van der Waals surface area (Å²) in [6, 6.07) is 12.8. The number of carbonyl (C=O) groups is 1. The van der Waals surface area contributed by atoms with E-state index in [9.17, 15) is 4.79 Å². The van der Waals surface area contributed by atoms with Gasteiger partial charge in [0.1, 0.15) is 6.61 Å². The van der Waals surface area contributed by atoms with Crippen LogP contribution in [0.3, 0.4) is 0 Å². The lowest BCUT2D eigenvalue weighted by molar-refractivity contribution is 0.104. The summed E-state index contributed by atoms with van der Waals surface area (Å²) in [5.41, 5.74) is 1.49. The summed E-state index contributed by atoms with van der Waals surface area (Å²) in [5.74, 6) is 1.20. The molecule has 23 heavy (non-hydrogen) atoms. The van der Waals surface area contributed by atoms with Crippen LogP contribution in [0.1, 0.15) is 15.9 Å². The first-order valence-corrected chi connectivity index (χ1v) is 7.83. The van der Waals surface area contributed by atoms with Gasteiger partial charge in [0.15, 0.2) is 17.3 Å². The Labute approximate surface area is 144 Å². The first-order chi connectivity index (χ1) is 11.1. The van der Waals surface area contributed by atoms with E-state index in [1.807, 2.05) is 30.3 Å². The Bertz CT molecular complexity index is 735. The number of carbonyl (C=O) groups excluding carboxylic acids is 1. The first kappa shape index (κ1) is 17.0. The lowest BCUT2D eigenvalue weighted by Crippen LogP contribution is -1.96. The van der Waals surface area contributed by atoms with Crippen LogP contribution < -0.4 is 9.47 Å². The Morgan fingerprint density at radius 1 is 1.22 bits per heavy atom. The fraction of sp³-hybridized carbons (Fsp3) is 0.105. The van der Waals surface area contributed by atoms with E-state index in [4.69, 9.17) is 9.47 Å². The number of hydrogen-bond donors (Lipinski definition) is 0. The van der Waals surface area contributed by atoms with Gasteiger partial charge in [-0.15, -0.1) is 0 Å². The second-order valence-corrected chi connectivity index (χ2v) is 5.63. The molecule has 4 heteroatoms. The maximum Gasteiger partial charge on any atom is 0.185 e. The monoisotopic (exact) mass is 372 g/mol. The number of hydrogen-bond acceptors (Lipinski definition) is 3. The van der Waals surface area contributed by atoms with Crippen LogP contribution in [0.15, 0.2) is 65.7 Å². The third-order valence-electron chi connectivity index (χ3n) is 3.08. The van der Waals surface area contributed by atoms with Crippen LogP contribution in [0.2, 0.25) is 0 Å². The average molecular weight is 373 g/mol. The largest absolute Gasteiger partial charge is 0.493 e. The molecule has 118 valence electrons. The summed E-state index contributed by atoms with van der Waals surface area (Å²) in [7, 11) is 1.58. The Balaban J connectivity index is 2.16. The molecule has 0 unspecified atom stereocenters. The molecule has 0 saturated heterocycles. The summed E-state index contributed by atoms with van der Waals surface area (Å²) in [6.45, 7) is 4.02. The highest BCUT2D eigenvalue weighted by molar-refractivity contribution is 9.10. The molecule has 2 rings (SSSR count).